The van der Waals surface area contributed by atoms with Gasteiger partial charge in [-0.25, -0.2) is 0 Å². The summed E-state index contributed by atoms with van der Waals surface area (Å²) in [5.41, 5.74) is 2.18. The molecule has 0 N–H and O–H groups in total. The predicted octanol–water partition coefficient (Wildman–Crippen LogP) is 3.70. The van der Waals surface area contributed by atoms with Crippen LogP contribution in [0.1, 0.15) is 32.1 Å². The molecule has 1 saturated heterocycles. The topological polar surface area (TPSA) is 42.6 Å². The van der Waals surface area contributed by atoms with E-state index in [1.54, 1.807) is 0 Å². The van der Waals surface area contributed by atoms with Crippen LogP contribution >= 0.6 is 15.9 Å². The van der Waals surface area contributed by atoms with E-state index in [9.17, 15) is 5.26 Å². The maximum atomic E-state index is 9.58. The summed E-state index contributed by atoms with van der Waals surface area (Å²) in [5, 5.41) is 18.9. The van der Waals surface area contributed by atoms with Gasteiger partial charge in [0.1, 0.15) is 0 Å². The largest absolute Gasteiger partial charge is 0.198 e. The molecular weight excluding hydrogens is 328 g/mol. The maximum absolute atomic E-state index is 9.58. The summed E-state index contributed by atoms with van der Waals surface area (Å²) in [7, 11) is 0. The molecular formula is C16H17BrN4. The normalized spacial score (nSPS) is 31.5. The van der Waals surface area contributed by atoms with E-state index in [0.29, 0.717) is 0 Å². The number of hydrogen-bond donors (Lipinski definition) is 0. The first kappa shape index (κ1) is 13.3. The summed E-state index contributed by atoms with van der Waals surface area (Å²) >= 11 is 3.48. The molecule has 0 radical (unpaired) electrons. The lowest BCUT2D eigenvalue weighted by Crippen LogP contribution is -2.54. The molecule has 4 rings (SSSR count). The Morgan fingerprint density at radius 2 is 2.10 bits per heavy atom. The summed E-state index contributed by atoms with van der Waals surface area (Å²) in [6.45, 7) is 0.918. The van der Waals surface area contributed by atoms with Gasteiger partial charge in [0.05, 0.1) is 28.9 Å². The molecule has 0 amide bonds. The van der Waals surface area contributed by atoms with Crippen molar-refractivity contribution in [1.29, 1.82) is 5.26 Å². The van der Waals surface area contributed by atoms with Gasteiger partial charge in [0.25, 0.3) is 0 Å². The molecule has 3 aliphatic rings. The SMILES string of the molecule is N#C[C@@H]1CCN2N(c3ccc(Br)cc3)N=C3CCCC[C@]312. The zero-order valence-corrected chi connectivity index (χ0v) is 13.4. The van der Waals surface area contributed by atoms with Crippen LogP contribution in [0.15, 0.2) is 33.8 Å². The fourth-order valence-corrected chi connectivity index (χ4v) is 4.35. The molecule has 4 nitrogen and oxygen atoms in total. The number of benzene rings is 1. The van der Waals surface area contributed by atoms with E-state index in [4.69, 9.17) is 5.10 Å². The molecule has 2 aliphatic heterocycles. The van der Waals surface area contributed by atoms with Crippen molar-refractivity contribution in [2.24, 2.45) is 11.0 Å². The highest BCUT2D eigenvalue weighted by atomic mass is 79.9. The summed E-state index contributed by atoms with van der Waals surface area (Å²) in [6, 6.07) is 10.8. The highest BCUT2D eigenvalue weighted by Crippen LogP contribution is 2.49. The molecule has 21 heavy (non-hydrogen) atoms. The van der Waals surface area contributed by atoms with E-state index in [-0.39, 0.29) is 11.5 Å². The van der Waals surface area contributed by atoms with Crippen LogP contribution in [0.5, 0.6) is 0 Å². The number of rotatable bonds is 1. The van der Waals surface area contributed by atoms with E-state index < -0.39 is 0 Å². The Morgan fingerprint density at radius 3 is 2.86 bits per heavy atom. The van der Waals surface area contributed by atoms with E-state index in [1.165, 1.54) is 18.6 Å². The van der Waals surface area contributed by atoms with E-state index in [0.717, 1.165) is 36.0 Å². The van der Waals surface area contributed by atoms with Gasteiger partial charge in [0, 0.05) is 11.0 Å². The zero-order valence-electron chi connectivity index (χ0n) is 11.8. The molecule has 2 atom stereocenters. The van der Waals surface area contributed by atoms with Crippen LogP contribution in [0, 0.1) is 17.2 Å². The van der Waals surface area contributed by atoms with Crippen molar-refractivity contribution < 1.29 is 0 Å². The van der Waals surface area contributed by atoms with Crippen molar-refractivity contribution in [1.82, 2.24) is 5.01 Å². The second-order valence-electron chi connectivity index (χ2n) is 6.04. The molecule has 1 saturated carbocycles. The number of anilines is 1. The van der Waals surface area contributed by atoms with Gasteiger partial charge in [-0.15, -0.1) is 0 Å². The zero-order chi connectivity index (χ0) is 14.4. The highest BCUT2D eigenvalue weighted by molar-refractivity contribution is 9.10. The van der Waals surface area contributed by atoms with Crippen molar-refractivity contribution in [2.75, 3.05) is 11.7 Å². The van der Waals surface area contributed by atoms with Crippen molar-refractivity contribution in [3.8, 4) is 6.07 Å². The molecule has 0 aromatic heterocycles. The van der Waals surface area contributed by atoms with Gasteiger partial charge in [-0.2, -0.15) is 20.5 Å². The van der Waals surface area contributed by atoms with Crippen molar-refractivity contribution in [2.45, 2.75) is 37.6 Å². The quantitative estimate of drug-likeness (QED) is 0.779. The van der Waals surface area contributed by atoms with E-state index >= 15 is 0 Å². The number of halogens is 1. The highest BCUT2D eigenvalue weighted by Gasteiger charge is 2.59. The average molecular weight is 345 g/mol. The van der Waals surface area contributed by atoms with Crippen LogP contribution in [0.3, 0.4) is 0 Å². The summed E-state index contributed by atoms with van der Waals surface area (Å²) in [6.07, 6.45) is 5.43. The predicted molar refractivity (Wildman–Crippen MR) is 85.7 cm³/mol. The third-order valence-electron chi connectivity index (χ3n) is 5.05. The molecule has 5 heteroatoms. The first-order valence-corrected chi connectivity index (χ1v) is 8.36. The van der Waals surface area contributed by atoms with Crippen LogP contribution < -0.4 is 5.12 Å². The second-order valence-corrected chi connectivity index (χ2v) is 6.95. The van der Waals surface area contributed by atoms with E-state index in [2.05, 4.69) is 39.1 Å². The fourth-order valence-electron chi connectivity index (χ4n) is 4.08. The summed E-state index contributed by atoms with van der Waals surface area (Å²) in [5.74, 6) is 0.0806. The Bertz CT molecular complexity index is 633. The minimum absolute atomic E-state index is 0.0806. The molecule has 1 aromatic rings. The van der Waals surface area contributed by atoms with E-state index in [1.807, 2.05) is 17.3 Å². The third kappa shape index (κ3) is 1.79. The fraction of sp³-hybridized carbons (Fsp3) is 0.500. The Hall–Kier alpha value is -1.38. The van der Waals surface area contributed by atoms with Gasteiger partial charge in [-0.3, -0.25) is 0 Å². The Labute approximate surface area is 133 Å². The monoisotopic (exact) mass is 344 g/mol. The standard InChI is InChI=1S/C16H17BrN4/c17-13-4-6-14(7-5-13)21-19-15-3-1-2-9-16(15)12(11-18)8-10-20(16)21/h4-7,12H,1-3,8-10H2/t12-,16+/m0/s1. The molecule has 1 spiro atoms. The number of nitriles is 1. The van der Waals surface area contributed by atoms with Gasteiger partial charge >= 0.3 is 0 Å². The Kier molecular flexibility index (Phi) is 3.05. The Balaban J connectivity index is 1.77. The number of nitrogens with zero attached hydrogens (tertiary/aromatic N) is 4. The van der Waals surface area contributed by atoms with Crippen LogP contribution in [0.2, 0.25) is 0 Å². The van der Waals surface area contributed by atoms with Gasteiger partial charge in [0.2, 0.25) is 0 Å². The molecule has 108 valence electrons. The van der Waals surface area contributed by atoms with Crippen LogP contribution in [-0.2, 0) is 0 Å². The molecule has 2 heterocycles. The number of hydrazine groups is 1. The molecule has 0 unspecified atom stereocenters. The van der Waals surface area contributed by atoms with Crippen molar-refractivity contribution in [3.63, 3.8) is 0 Å². The number of hydrogen-bond acceptors (Lipinski definition) is 4. The average Bonchev–Trinajstić information content (AvgIpc) is 3.01. The van der Waals surface area contributed by atoms with Crippen LogP contribution in [0.25, 0.3) is 0 Å². The van der Waals surface area contributed by atoms with Crippen molar-refractivity contribution in [3.05, 3.63) is 28.7 Å². The minimum Gasteiger partial charge on any atom is -0.198 e. The molecule has 1 aromatic carbocycles. The van der Waals surface area contributed by atoms with Gasteiger partial charge in [0.15, 0.2) is 0 Å². The molecule has 1 aliphatic carbocycles. The second kappa shape index (κ2) is 4.82. The smallest absolute Gasteiger partial charge is 0.0979 e. The first-order valence-electron chi connectivity index (χ1n) is 7.56. The maximum Gasteiger partial charge on any atom is 0.0979 e. The first-order chi connectivity index (χ1) is 10.3. The lowest BCUT2D eigenvalue weighted by molar-refractivity contribution is 0.170. The van der Waals surface area contributed by atoms with Gasteiger partial charge < -0.3 is 0 Å². The molecule has 0 bridgehead atoms. The van der Waals surface area contributed by atoms with Crippen LogP contribution in [0.4, 0.5) is 5.69 Å². The third-order valence-corrected chi connectivity index (χ3v) is 5.57. The van der Waals surface area contributed by atoms with Crippen molar-refractivity contribution >= 4 is 27.3 Å². The summed E-state index contributed by atoms with van der Waals surface area (Å²) < 4.78 is 1.07. The lowest BCUT2D eigenvalue weighted by atomic mass is 9.73. The Morgan fingerprint density at radius 1 is 1.29 bits per heavy atom. The van der Waals surface area contributed by atoms with Crippen LogP contribution in [-0.4, -0.2) is 22.8 Å². The number of hydrazone groups is 1. The summed E-state index contributed by atoms with van der Waals surface area (Å²) in [4.78, 5) is 0. The molecule has 2 fully saturated rings. The van der Waals surface area contributed by atoms with Gasteiger partial charge in [-0.05, 0) is 49.9 Å². The van der Waals surface area contributed by atoms with Gasteiger partial charge in [-0.1, -0.05) is 22.4 Å². The lowest BCUT2D eigenvalue weighted by Gasteiger charge is -2.40. The minimum atomic E-state index is -0.125.